The van der Waals surface area contributed by atoms with E-state index in [1.54, 1.807) is 6.92 Å². The number of hydrogen-bond donors (Lipinski definition) is 0. The smallest absolute Gasteiger partial charge is 0.130 e. The fourth-order valence-electron chi connectivity index (χ4n) is 2.64. The van der Waals surface area contributed by atoms with Crippen LogP contribution in [0.15, 0.2) is 18.2 Å². The van der Waals surface area contributed by atoms with Crippen LogP contribution in [0.5, 0.6) is 5.75 Å². The number of carbonyl (C=O) groups excluding carboxylic acids is 1. The Morgan fingerprint density at radius 1 is 1.39 bits per heavy atom. The number of rotatable bonds is 5. The molecule has 1 aliphatic heterocycles. The maximum Gasteiger partial charge on any atom is 0.130 e. The van der Waals surface area contributed by atoms with Gasteiger partial charge in [0.25, 0.3) is 0 Å². The van der Waals surface area contributed by atoms with Crippen LogP contribution in [0, 0.1) is 5.41 Å². The van der Waals surface area contributed by atoms with Crippen molar-refractivity contribution in [2.24, 2.45) is 5.41 Å². The summed E-state index contributed by atoms with van der Waals surface area (Å²) < 4.78 is 5.51. The lowest BCUT2D eigenvalue weighted by Crippen LogP contribution is -2.16. The first-order chi connectivity index (χ1) is 8.46. The van der Waals surface area contributed by atoms with E-state index in [4.69, 9.17) is 4.74 Å². The number of carbonyl (C=O) groups is 1. The normalized spacial score (nSPS) is 14.2. The lowest BCUT2D eigenvalue weighted by atomic mass is 9.82. The van der Waals surface area contributed by atoms with Crippen molar-refractivity contribution in [3.8, 4) is 5.75 Å². The maximum atomic E-state index is 11.2. The third-order valence-corrected chi connectivity index (χ3v) is 3.57. The van der Waals surface area contributed by atoms with Crippen LogP contribution in [0.2, 0.25) is 0 Å². The van der Waals surface area contributed by atoms with Crippen molar-refractivity contribution in [3.63, 3.8) is 0 Å². The van der Waals surface area contributed by atoms with E-state index in [1.807, 2.05) is 0 Å². The predicted molar refractivity (Wildman–Crippen MR) is 73.0 cm³/mol. The van der Waals surface area contributed by atoms with E-state index < -0.39 is 0 Å². The largest absolute Gasteiger partial charge is 0.493 e. The van der Waals surface area contributed by atoms with Gasteiger partial charge in [-0.15, -0.1) is 0 Å². The lowest BCUT2D eigenvalue weighted by molar-refractivity contribution is -0.118. The van der Waals surface area contributed by atoms with E-state index in [2.05, 4.69) is 32.0 Å². The number of Topliss-reactive ketones (excluding diaryl/α,β-unsaturated/α-hetero) is 1. The molecule has 18 heavy (non-hydrogen) atoms. The van der Waals surface area contributed by atoms with Gasteiger partial charge in [0.1, 0.15) is 11.5 Å². The van der Waals surface area contributed by atoms with Gasteiger partial charge in [-0.2, -0.15) is 0 Å². The molecule has 1 aromatic carbocycles. The monoisotopic (exact) mass is 246 g/mol. The predicted octanol–water partition coefficient (Wildman–Crippen LogP) is 3.56. The molecule has 0 unspecified atom stereocenters. The summed E-state index contributed by atoms with van der Waals surface area (Å²) in [7, 11) is 0. The molecule has 0 N–H and O–H groups in total. The molecule has 98 valence electrons. The molecule has 1 heterocycles. The molecule has 0 saturated carbocycles. The quantitative estimate of drug-likeness (QED) is 0.794. The van der Waals surface area contributed by atoms with E-state index in [-0.39, 0.29) is 11.2 Å². The van der Waals surface area contributed by atoms with Crippen LogP contribution in [0.3, 0.4) is 0 Å². The van der Waals surface area contributed by atoms with E-state index in [0.29, 0.717) is 6.42 Å². The van der Waals surface area contributed by atoms with Crippen molar-refractivity contribution in [3.05, 3.63) is 29.3 Å². The molecule has 0 spiro atoms. The number of ketones is 1. The highest BCUT2D eigenvalue weighted by Gasteiger charge is 2.20. The maximum absolute atomic E-state index is 11.2. The zero-order valence-electron chi connectivity index (χ0n) is 11.6. The van der Waals surface area contributed by atoms with E-state index in [9.17, 15) is 4.79 Å². The summed E-state index contributed by atoms with van der Waals surface area (Å²) in [6.07, 6.45) is 3.78. The third-order valence-electron chi connectivity index (χ3n) is 3.57. The molecule has 0 bridgehead atoms. The highest BCUT2D eigenvalue weighted by molar-refractivity contribution is 5.76. The minimum absolute atomic E-state index is 0.0986. The molecule has 0 atom stereocenters. The minimum atomic E-state index is 0.0986. The Kier molecular flexibility index (Phi) is 3.74. The fraction of sp³-hybridized carbons (Fsp3) is 0.562. The summed E-state index contributed by atoms with van der Waals surface area (Å²) in [5.41, 5.74) is 2.79. The van der Waals surface area contributed by atoms with Crippen molar-refractivity contribution >= 4 is 5.78 Å². The lowest BCUT2D eigenvalue weighted by Gasteiger charge is -2.23. The van der Waals surface area contributed by atoms with Crippen LogP contribution in [-0.2, 0) is 17.6 Å². The standard InChI is InChI=1S/C16H22O2/c1-12(17)11-16(2,3)8-6-13-4-5-15-14(10-13)7-9-18-15/h4-5,10H,6-9,11H2,1-3H3. The number of hydrogen-bond acceptors (Lipinski definition) is 2. The Morgan fingerprint density at radius 3 is 2.89 bits per heavy atom. The highest BCUT2D eigenvalue weighted by Crippen LogP contribution is 2.30. The molecular weight excluding hydrogens is 224 g/mol. The first-order valence-corrected chi connectivity index (χ1v) is 6.70. The highest BCUT2D eigenvalue weighted by atomic mass is 16.5. The topological polar surface area (TPSA) is 26.3 Å². The Morgan fingerprint density at radius 2 is 2.17 bits per heavy atom. The molecule has 2 heteroatoms. The van der Waals surface area contributed by atoms with Gasteiger partial charge in [-0.3, -0.25) is 0 Å². The molecule has 0 amide bonds. The van der Waals surface area contributed by atoms with Gasteiger partial charge in [-0.25, -0.2) is 0 Å². The summed E-state index contributed by atoms with van der Waals surface area (Å²) in [5.74, 6) is 1.32. The molecule has 0 saturated heterocycles. The first kappa shape index (κ1) is 13.1. The van der Waals surface area contributed by atoms with E-state index in [1.165, 1.54) is 11.1 Å². The van der Waals surface area contributed by atoms with Crippen LogP contribution in [-0.4, -0.2) is 12.4 Å². The molecule has 2 rings (SSSR count). The Balaban J connectivity index is 1.96. The van der Waals surface area contributed by atoms with Crippen LogP contribution in [0.25, 0.3) is 0 Å². The SMILES string of the molecule is CC(=O)CC(C)(C)CCc1ccc2c(c1)CCO2. The van der Waals surface area contributed by atoms with E-state index in [0.717, 1.165) is 31.6 Å². The molecule has 2 nitrogen and oxygen atoms in total. The summed E-state index contributed by atoms with van der Waals surface area (Å²) in [6, 6.07) is 6.48. The Labute approximate surface area is 109 Å². The molecule has 0 radical (unpaired) electrons. The second-order valence-electron chi connectivity index (χ2n) is 6.08. The van der Waals surface area contributed by atoms with Crippen molar-refractivity contribution in [2.45, 2.75) is 46.5 Å². The van der Waals surface area contributed by atoms with Crippen molar-refractivity contribution in [1.29, 1.82) is 0 Å². The van der Waals surface area contributed by atoms with Crippen molar-refractivity contribution in [2.75, 3.05) is 6.61 Å². The Hall–Kier alpha value is -1.31. The number of ether oxygens (including phenoxy) is 1. The zero-order valence-corrected chi connectivity index (χ0v) is 11.6. The van der Waals surface area contributed by atoms with E-state index >= 15 is 0 Å². The van der Waals surface area contributed by atoms with Gasteiger partial charge < -0.3 is 9.53 Å². The zero-order chi connectivity index (χ0) is 13.2. The summed E-state index contributed by atoms with van der Waals surface area (Å²) in [5, 5.41) is 0. The van der Waals surface area contributed by atoms with Crippen LogP contribution >= 0.6 is 0 Å². The average Bonchev–Trinajstić information content (AvgIpc) is 2.71. The molecule has 0 aliphatic carbocycles. The minimum Gasteiger partial charge on any atom is -0.493 e. The third kappa shape index (κ3) is 3.34. The number of fused-ring (bicyclic) bond motifs is 1. The summed E-state index contributed by atoms with van der Waals surface area (Å²) in [4.78, 5) is 11.2. The molecule has 1 aliphatic rings. The van der Waals surface area contributed by atoms with Gasteiger partial charge in [0.05, 0.1) is 6.61 Å². The molecule has 0 aromatic heterocycles. The summed E-state index contributed by atoms with van der Waals surface area (Å²) in [6.45, 7) is 6.83. The molecule has 1 aromatic rings. The van der Waals surface area contributed by atoms with Crippen LogP contribution in [0.4, 0.5) is 0 Å². The van der Waals surface area contributed by atoms with Crippen molar-refractivity contribution < 1.29 is 9.53 Å². The van der Waals surface area contributed by atoms with Gasteiger partial charge in [-0.05, 0) is 42.4 Å². The first-order valence-electron chi connectivity index (χ1n) is 6.70. The second kappa shape index (κ2) is 5.13. The average molecular weight is 246 g/mol. The van der Waals surface area contributed by atoms with Gasteiger partial charge in [0.2, 0.25) is 0 Å². The van der Waals surface area contributed by atoms with Crippen LogP contribution in [0.1, 0.15) is 44.7 Å². The van der Waals surface area contributed by atoms with Gasteiger partial charge >= 0.3 is 0 Å². The summed E-state index contributed by atoms with van der Waals surface area (Å²) >= 11 is 0. The number of aryl methyl sites for hydroxylation is 1. The molecule has 0 fully saturated rings. The number of benzene rings is 1. The van der Waals surface area contributed by atoms with Gasteiger partial charge in [0, 0.05) is 12.8 Å². The Bertz CT molecular complexity index is 446. The van der Waals surface area contributed by atoms with Gasteiger partial charge in [-0.1, -0.05) is 26.0 Å². The fourth-order valence-corrected chi connectivity index (χ4v) is 2.64. The molecular formula is C16H22O2. The van der Waals surface area contributed by atoms with Gasteiger partial charge in [0.15, 0.2) is 0 Å². The van der Waals surface area contributed by atoms with Crippen LogP contribution < -0.4 is 4.74 Å². The second-order valence-corrected chi connectivity index (χ2v) is 6.08. The van der Waals surface area contributed by atoms with Crippen molar-refractivity contribution in [1.82, 2.24) is 0 Å².